The van der Waals surface area contributed by atoms with Crippen LogP contribution in [0.5, 0.6) is 0 Å². The van der Waals surface area contributed by atoms with Crippen LogP contribution in [0.4, 0.5) is 21.9 Å². The van der Waals surface area contributed by atoms with Gasteiger partial charge < -0.3 is 14.4 Å². The molecule has 0 unspecified atom stereocenters. The van der Waals surface area contributed by atoms with Gasteiger partial charge >= 0.3 is 12.1 Å². The third-order valence-electron chi connectivity index (χ3n) is 5.78. The van der Waals surface area contributed by atoms with Crippen molar-refractivity contribution in [2.24, 2.45) is 0 Å². The van der Waals surface area contributed by atoms with E-state index >= 15 is 0 Å². The van der Waals surface area contributed by atoms with Crippen LogP contribution in [-0.2, 0) is 16.1 Å². The van der Waals surface area contributed by atoms with Gasteiger partial charge in [-0.3, -0.25) is 15.0 Å². The Morgan fingerprint density at radius 2 is 1.82 bits per heavy atom. The van der Waals surface area contributed by atoms with Gasteiger partial charge in [-0.15, -0.1) is 0 Å². The molecule has 4 rings (SSSR count). The van der Waals surface area contributed by atoms with E-state index in [9.17, 15) is 19.7 Å². The fourth-order valence-electron chi connectivity index (χ4n) is 4.29. The highest BCUT2D eigenvalue weighted by molar-refractivity contribution is 5.92. The minimum absolute atomic E-state index is 0.0599. The van der Waals surface area contributed by atoms with E-state index < -0.39 is 16.5 Å². The number of para-hydroxylation sites is 1. The van der Waals surface area contributed by atoms with Crippen molar-refractivity contribution >= 4 is 29.1 Å². The monoisotopic (exact) mass is 453 g/mol. The molecule has 1 amide bonds. The largest absolute Gasteiger partial charge is 0.456 e. The summed E-state index contributed by atoms with van der Waals surface area (Å²) in [6.07, 6.45) is 0.905. The van der Waals surface area contributed by atoms with Gasteiger partial charge in [-0.1, -0.05) is 18.2 Å². The predicted octanol–water partition coefficient (Wildman–Crippen LogP) is 4.68. The number of nitro benzene ring substituents is 1. The number of hydrogen-bond acceptors (Lipinski definition) is 7. The number of nitro groups is 1. The molecule has 0 spiro atoms. The zero-order valence-electron chi connectivity index (χ0n) is 18.9. The minimum atomic E-state index is -0.694. The van der Waals surface area contributed by atoms with E-state index in [4.69, 9.17) is 9.47 Å². The van der Waals surface area contributed by atoms with Crippen molar-refractivity contribution in [1.29, 1.82) is 0 Å². The number of amides is 1. The highest BCUT2D eigenvalue weighted by Crippen LogP contribution is 2.35. The normalized spacial score (nSPS) is 16.8. The molecular formula is C24H27N3O6. The lowest BCUT2D eigenvalue weighted by Gasteiger charge is -2.40. The maximum absolute atomic E-state index is 12.5. The topological polar surface area (TPSA) is 102 Å². The summed E-state index contributed by atoms with van der Waals surface area (Å²) in [4.78, 5) is 39.8. The second-order valence-electron chi connectivity index (χ2n) is 9.23. The number of fused-ring (bicyclic) bond motifs is 1. The Kier molecular flexibility index (Phi) is 5.97. The Balaban J connectivity index is 1.51. The number of cyclic esters (lactones) is 1. The van der Waals surface area contributed by atoms with Crippen LogP contribution in [0.25, 0.3) is 0 Å². The molecule has 0 N–H and O–H groups in total. The highest BCUT2D eigenvalue weighted by atomic mass is 16.6. The zero-order valence-corrected chi connectivity index (χ0v) is 18.9. The molecule has 2 aromatic rings. The van der Waals surface area contributed by atoms with Crippen LogP contribution >= 0.6 is 0 Å². The van der Waals surface area contributed by atoms with Crippen LogP contribution in [0.2, 0.25) is 0 Å². The number of rotatable bonds is 4. The van der Waals surface area contributed by atoms with Crippen LogP contribution in [0.3, 0.4) is 0 Å². The van der Waals surface area contributed by atoms with Crippen LogP contribution < -0.4 is 9.80 Å². The number of hydrogen-bond donors (Lipinski definition) is 0. The first-order chi connectivity index (χ1) is 15.6. The van der Waals surface area contributed by atoms with E-state index in [1.807, 2.05) is 29.2 Å². The van der Waals surface area contributed by atoms with Gasteiger partial charge in [0.2, 0.25) is 0 Å². The number of ether oxygens (including phenoxy) is 2. The first-order valence-electron chi connectivity index (χ1n) is 10.9. The lowest BCUT2D eigenvalue weighted by atomic mass is 10.00. The molecule has 2 aromatic carbocycles. The Bertz CT molecular complexity index is 1090. The number of carbonyl (C=O) groups excluding carboxylic acids is 2. The molecule has 0 radical (unpaired) electrons. The fourth-order valence-corrected chi connectivity index (χ4v) is 4.29. The third-order valence-corrected chi connectivity index (χ3v) is 5.78. The average Bonchev–Trinajstić information content (AvgIpc) is 2.77. The second kappa shape index (κ2) is 8.73. The molecule has 2 aliphatic rings. The Morgan fingerprint density at radius 3 is 2.48 bits per heavy atom. The summed E-state index contributed by atoms with van der Waals surface area (Å²) >= 11 is 0. The van der Waals surface area contributed by atoms with E-state index in [0.29, 0.717) is 31.6 Å². The smallest absolute Gasteiger partial charge is 0.414 e. The van der Waals surface area contributed by atoms with Gasteiger partial charge in [0.05, 0.1) is 16.2 Å². The first-order valence-corrected chi connectivity index (χ1v) is 10.9. The first kappa shape index (κ1) is 22.6. The molecule has 1 saturated heterocycles. The van der Waals surface area contributed by atoms with E-state index in [1.165, 1.54) is 6.07 Å². The Morgan fingerprint density at radius 1 is 1.12 bits per heavy atom. The number of nitrogens with zero attached hydrogens (tertiary/aromatic N) is 3. The quantitative estimate of drug-likeness (QED) is 0.376. The summed E-state index contributed by atoms with van der Waals surface area (Å²) in [5.74, 6) is -0.599. The Labute approximate surface area is 192 Å². The van der Waals surface area contributed by atoms with Crippen molar-refractivity contribution in [1.82, 2.24) is 0 Å². The zero-order chi connectivity index (χ0) is 23.8. The number of benzene rings is 2. The van der Waals surface area contributed by atoms with E-state index in [0.717, 1.165) is 11.3 Å². The summed E-state index contributed by atoms with van der Waals surface area (Å²) in [7, 11) is 0. The van der Waals surface area contributed by atoms with Crippen molar-refractivity contribution < 1.29 is 24.0 Å². The van der Waals surface area contributed by atoms with E-state index in [2.05, 4.69) is 0 Å². The van der Waals surface area contributed by atoms with Crippen LogP contribution in [0.15, 0.2) is 42.5 Å². The SMILES string of the molecule is CC(C)(C)OC(=O)c1ccc(N2CCC(N3C(=O)OCc4ccccc43)CC2)c([N+](=O)[O-])c1. The van der Waals surface area contributed by atoms with E-state index in [1.54, 1.807) is 37.8 Å². The molecule has 0 atom stereocenters. The van der Waals surface area contributed by atoms with Gasteiger partial charge in [0, 0.05) is 30.8 Å². The summed E-state index contributed by atoms with van der Waals surface area (Å²) in [6.45, 7) is 6.56. The molecule has 0 bridgehead atoms. The van der Waals surface area contributed by atoms with E-state index in [-0.39, 0.29) is 30.0 Å². The molecule has 0 aliphatic carbocycles. The molecule has 0 saturated carbocycles. The average molecular weight is 453 g/mol. The minimum Gasteiger partial charge on any atom is -0.456 e. The van der Waals surface area contributed by atoms with Gasteiger partial charge in [-0.05, 0) is 51.8 Å². The van der Waals surface area contributed by atoms with Gasteiger partial charge in [-0.25, -0.2) is 9.59 Å². The molecule has 0 aromatic heterocycles. The summed E-state index contributed by atoms with van der Waals surface area (Å²) < 4.78 is 10.7. The summed E-state index contributed by atoms with van der Waals surface area (Å²) in [5, 5.41) is 11.8. The van der Waals surface area contributed by atoms with Crippen molar-refractivity contribution in [2.45, 2.75) is 51.9 Å². The lowest BCUT2D eigenvalue weighted by Crippen LogP contribution is -2.49. The van der Waals surface area contributed by atoms with Gasteiger partial charge in [0.15, 0.2) is 0 Å². The van der Waals surface area contributed by atoms with Crippen LogP contribution in [0, 0.1) is 10.1 Å². The maximum atomic E-state index is 12.5. The lowest BCUT2D eigenvalue weighted by molar-refractivity contribution is -0.384. The fraction of sp³-hybridized carbons (Fsp3) is 0.417. The van der Waals surface area contributed by atoms with Crippen molar-refractivity contribution in [3.63, 3.8) is 0 Å². The molecule has 33 heavy (non-hydrogen) atoms. The van der Waals surface area contributed by atoms with Crippen molar-refractivity contribution in [3.05, 3.63) is 63.7 Å². The maximum Gasteiger partial charge on any atom is 0.414 e. The number of anilines is 2. The number of carbonyl (C=O) groups is 2. The van der Waals surface area contributed by atoms with Crippen LogP contribution in [-0.4, -0.2) is 41.7 Å². The molecule has 174 valence electrons. The molecule has 2 heterocycles. The number of piperidine rings is 1. The van der Waals surface area contributed by atoms with Gasteiger partial charge in [-0.2, -0.15) is 0 Å². The summed E-state index contributed by atoms with van der Waals surface area (Å²) in [5.41, 5.74) is 1.59. The highest BCUT2D eigenvalue weighted by Gasteiger charge is 2.35. The molecule has 9 heteroatoms. The predicted molar refractivity (Wildman–Crippen MR) is 123 cm³/mol. The molecule has 2 aliphatic heterocycles. The second-order valence-corrected chi connectivity index (χ2v) is 9.23. The van der Waals surface area contributed by atoms with Gasteiger partial charge in [0.25, 0.3) is 5.69 Å². The molecular weight excluding hydrogens is 426 g/mol. The molecule has 1 fully saturated rings. The van der Waals surface area contributed by atoms with Crippen molar-refractivity contribution in [3.8, 4) is 0 Å². The van der Waals surface area contributed by atoms with Gasteiger partial charge in [0.1, 0.15) is 17.9 Å². The van der Waals surface area contributed by atoms with Crippen LogP contribution in [0.1, 0.15) is 49.5 Å². The molecule has 9 nitrogen and oxygen atoms in total. The standard InChI is InChI=1S/C24H27N3O6/c1-24(2,3)33-22(28)16-8-9-20(21(14-16)27(30)31)25-12-10-18(11-13-25)26-19-7-5-4-6-17(19)15-32-23(26)29/h4-9,14,18H,10-13,15H2,1-3H3. The Hall–Kier alpha value is -3.62. The number of esters is 1. The van der Waals surface area contributed by atoms with Crippen molar-refractivity contribution in [2.75, 3.05) is 22.9 Å². The summed E-state index contributed by atoms with van der Waals surface area (Å²) in [6, 6.07) is 12.0. The third kappa shape index (κ3) is 4.76.